The quantitative estimate of drug-likeness (QED) is 0.481. The molecule has 6 heteroatoms. The first-order valence-electron chi connectivity index (χ1n) is 9.05. The normalized spacial score (nSPS) is 16.1. The Morgan fingerprint density at radius 3 is 2.50 bits per heavy atom. The van der Waals surface area contributed by atoms with Crippen molar-refractivity contribution in [3.63, 3.8) is 0 Å². The van der Waals surface area contributed by atoms with Crippen LogP contribution >= 0.6 is 23.4 Å². The number of imide groups is 1. The lowest BCUT2D eigenvalue weighted by molar-refractivity contribution is -0.113. The van der Waals surface area contributed by atoms with Crippen molar-refractivity contribution in [2.45, 2.75) is 20.4 Å². The molecule has 0 aliphatic carbocycles. The highest BCUT2D eigenvalue weighted by Gasteiger charge is 2.36. The molecular formula is C22H19ClN2O2S. The molecule has 2 amide bonds. The fourth-order valence-electron chi connectivity index (χ4n) is 3.36. The zero-order valence-electron chi connectivity index (χ0n) is 15.6. The van der Waals surface area contributed by atoms with Crippen LogP contribution in [0.5, 0.6) is 0 Å². The molecule has 4 rings (SSSR count). The summed E-state index contributed by atoms with van der Waals surface area (Å²) in [4.78, 5) is 27.0. The minimum Gasteiger partial charge on any atom is -0.347 e. The van der Waals surface area contributed by atoms with Crippen LogP contribution in [0.4, 0.5) is 10.5 Å². The summed E-state index contributed by atoms with van der Waals surface area (Å²) in [6.07, 6.45) is 3.88. The Morgan fingerprint density at radius 2 is 1.79 bits per heavy atom. The van der Waals surface area contributed by atoms with Crippen molar-refractivity contribution >= 4 is 57.2 Å². The van der Waals surface area contributed by atoms with E-state index in [1.54, 1.807) is 24.3 Å². The Labute approximate surface area is 172 Å². The van der Waals surface area contributed by atoms with Crippen LogP contribution in [0.2, 0.25) is 5.02 Å². The molecule has 0 unspecified atom stereocenters. The second-order valence-corrected chi connectivity index (χ2v) is 8.57. The van der Waals surface area contributed by atoms with E-state index >= 15 is 0 Å². The molecule has 1 aromatic heterocycles. The maximum atomic E-state index is 12.9. The third kappa shape index (κ3) is 3.48. The molecule has 0 spiro atoms. The van der Waals surface area contributed by atoms with Crippen LogP contribution in [-0.2, 0) is 11.3 Å². The standard InChI is InChI=1S/C22H19ClN2O2S/c1-14(2)12-24-13-15(18-5-3-4-6-19(18)24)11-20-21(26)25(22(27)28-20)17-9-7-16(23)8-10-17/h3-11,13-14H,12H2,1-2H3/b20-11-. The fraction of sp³-hybridized carbons (Fsp3) is 0.182. The summed E-state index contributed by atoms with van der Waals surface area (Å²) in [6.45, 7) is 5.23. The lowest BCUT2D eigenvalue weighted by Crippen LogP contribution is -2.27. The molecule has 0 bridgehead atoms. The Bertz CT molecular complexity index is 1100. The van der Waals surface area contributed by atoms with Crippen LogP contribution in [0.1, 0.15) is 19.4 Å². The van der Waals surface area contributed by atoms with Crippen molar-refractivity contribution in [2.24, 2.45) is 5.92 Å². The van der Waals surface area contributed by atoms with Crippen molar-refractivity contribution in [1.29, 1.82) is 0 Å². The number of anilines is 1. The minimum atomic E-state index is -0.307. The van der Waals surface area contributed by atoms with Gasteiger partial charge in [0.1, 0.15) is 0 Å². The smallest absolute Gasteiger partial charge is 0.298 e. The molecule has 1 fully saturated rings. The monoisotopic (exact) mass is 410 g/mol. The third-order valence-electron chi connectivity index (χ3n) is 4.55. The molecule has 28 heavy (non-hydrogen) atoms. The summed E-state index contributed by atoms with van der Waals surface area (Å²) in [5.74, 6) is 0.193. The van der Waals surface area contributed by atoms with Gasteiger partial charge in [-0.3, -0.25) is 9.59 Å². The van der Waals surface area contributed by atoms with Crippen LogP contribution < -0.4 is 4.90 Å². The molecule has 4 nitrogen and oxygen atoms in total. The summed E-state index contributed by atoms with van der Waals surface area (Å²) in [6, 6.07) is 14.8. The summed E-state index contributed by atoms with van der Waals surface area (Å²) in [5.41, 5.74) is 2.59. The Morgan fingerprint density at radius 1 is 1.07 bits per heavy atom. The van der Waals surface area contributed by atoms with E-state index in [9.17, 15) is 9.59 Å². The first kappa shape index (κ1) is 18.8. The molecule has 1 aliphatic heterocycles. The predicted octanol–water partition coefficient (Wildman–Crippen LogP) is 6.19. The van der Waals surface area contributed by atoms with Gasteiger partial charge in [0.15, 0.2) is 0 Å². The summed E-state index contributed by atoms with van der Waals surface area (Å²) in [7, 11) is 0. The van der Waals surface area contributed by atoms with E-state index in [4.69, 9.17) is 11.6 Å². The van der Waals surface area contributed by atoms with Crippen molar-refractivity contribution in [2.75, 3.05) is 4.90 Å². The molecule has 0 radical (unpaired) electrons. The number of aromatic nitrogens is 1. The maximum absolute atomic E-state index is 12.9. The van der Waals surface area contributed by atoms with Gasteiger partial charge in [0.05, 0.1) is 10.6 Å². The molecule has 0 atom stereocenters. The van der Waals surface area contributed by atoms with Crippen LogP contribution in [0.3, 0.4) is 0 Å². The predicted molar refractivity (Wildman–Crippen MR) is 117 cm³/mol. The second kappa shape index (κ2) is 7.49. The van der Waals surface area contributed by atoms with Crippen molar-refractivity contribution in [1.82, 2.24) is 4.57 Å². The number of hydrogen-bond acceptors (Lipinski definition) is 3. The first-order chi connectivity index (χ1) is 13.4. The van der Waals surface area contributed by atoms with Gasteiger partial charge in [-0.1, -0.05) is 43.6 Å². The number of para-hydroxylation sites is 1. The molecule has 0 saturated carbocycles. The van der Waals surface area contributed by atoms with Crippen molar-refractivity contribution in [3.05, 3.63) is 70.2 Å². The summed E-state index contributed by atoms with van der Waals surface area (Å²) < 4.78 is 2.20. The van der Waals surface area contributed by atoms with Gasteiger partial charge in [-0.15, -0.1) is 0 Å². The van der Waals surface area contributed by atoms with Crippen LogP contribution in [0.25, 0.3) is 17.0 Å². The molecule has 2 heterocycles. The molecule has 2 aromatic carbocycles. The van der Waals surface area contributed by atoms with Crippen LogP contribution in [-0.4, -0.2) is 15.7 Å². The Kier molecular flexibility index (Phi) is 5.04. The van der Waals surface area contributed by atoms with E-state index in [0.29, 0.717) is 21.5 Å². The number of benzene rings is 2. The molecule has 142 valence electrons. The highest BCUT2D eigenvalue weighted by atomic mass is 35.5. The average molecular weight is 411 g/mol. The SMILES string of the molecule is CC(C)Cn1cc(/C=C2\SC(=O)N(c3ccc(Cl)cc3)C2=O)c2ccccc21. The highest BCUT2D eigenvalue weighted by molar-refractivity contribution is 8.19. The van der Waals surface area contributed by atoms with Crippen molar-refractivity contribution < 1.29 is 9.59 Å². The maximum Gasteiger partial charge on any atom is 0.298 e. The number of amides is 2. The van der Waals surface area contributed by atoms with Crippen molar-refractivity contribution in [3.8, 4) is 0 Å². The number of carbonyl (C=O) groups excluding carboxylic acids is 2. The van der Waals surface area contributed by atoms with Crippen LogP contribution in [0, 0.1) is 5.92 Å². The zero-order valence-corrected chi connectivity index (χ0v) is 17.1. The van der Waals surface area contributed by atoms with E-state index in [1.807, 2.05) is 24.3 Å². The van der Waals surface area contributed by atoms with E-state index in [0.717, 1.165) is 34.8 Å². The van der Waals surface area contributed by atoms with Gasteiger partial charge in [0, 0.05) is 34.2 Å². The van der Waals surface area contributed by atoms with E-state index in [-0.39, 0.29) is 11.1 Å². The second-order valence-electron chi connectivity index (χ2n) is 7.14. The largest absolute Gasteiger partial charge is 0.347 e. The van der Waals surface area contributed by atoms with Gasteiger partial charge in [0.2, 0.25) is 0 Å². The van der Waals surface area contributed by atoms with Gasteiger partial charge >= 0.3 is 0 Å². The third-order valence-corrected chi connectivity index (χ3v) is 5.67. The molecular weight excluding hydrogens is 392 g/mol. The van der Waals surface area contributed by atoms with E-state index in [1.165, 1.54) is 4.90 Å². The molecule has 1 aliphatic rings. The number of rotatable bonds is 4. The number of fused-ring (bicyclic) bond motifs is 1. The number of halogens is 1. The van der Waals surface area contributed by atoms with Gasteiger partial charge in [-0.05, 0) is 54.1 Å². The van der Waals surface area contributed by atoms with Crippen LogP contribution in [0.15, 0.2) is 59.6 Å². The Balaban J connectivity index is 1.73. The van der Waals surface area contributed by atoms with Gasteiger partial charge in [0.25, 0.3) is 11.1 Å². The molecule has 3 aromatic rings. The summed E-state index contributed by atoms with van der Waals surface area (Å²) in [5, 5.41) is 1.33. The van der Waals surface area contributed by atoms with Gasteiger partial charge < -0.3 is 4.57 Å². The molecule has 0 N–H and O–H groups in total. The fourth-order valence-corrected chi connectivity index (χ4v) is 4.31. The molecule has 1 saturated heterocycles. The van der Waals surface area contributed by atoms with Gasteiger partial charge in [-0.25, -0.2) is 4.90 Å². The number of nitrogens with zero attached hydrogens (tertiary/aromatic N) is 2. The number of hydrogen-bond donors (Lipinski definition) is 0. The number of thioether (sulfide) groups is 1. The topological polar surface area (TPSA) is 42.3 Å². The summed E-state index contributed by atoms with van der Waals surface area (Å²) >= 11 is 6.88. The van der Waals surface area contributed by atoms with Gasteiger partial charge in [-0.2, -0.15) is 0 Å². The zero-order chi connectivity index (χ0) is 19.8. The van der Waals surface area contributed by atoms with E-state index < -0.39 is 0 Å². The minimum absolute atomic E-state index is 0.301. The van der Waals surface area contributed by atoms with E-state index in [2.05, 4.69) is 30.7 Å². The first-order valence-corrected chi connectivity index (χ1v) is 10.2. The highest BCUT2D eigenvalue weighted by Crippen LogP contribution is 2.37. The Hall–Kier alpha value is -2.50. The average Bonchev–Trinajstić information content (AvgIpc) is 3.13. The lowest BCUT2D eigenvalue weighted by Gasteiger charge is -2.12. The lowest BCUT2D eigenvalue weighted by atomic mass is 10.1. The number of carbonyl (C=O) groups is 2.